The number of hydrogen-bond acceptors (Lipinski definition) is 4. The standard InChI is InChI=1S/C18H20N2O2/c19-13-15-3-7-17(8-4-15)21-11-1-2-12-22-18-9-5-16(14-20)6-10-18/h1-5,7-9,13-14,19-20H,6,10-12H2/b2-1+,19-13?,20-14?. The van der Waals surface area contributed by atoms with Gasteiger partial charge in [0.1, 0.15) is 19.0 Å². The highest BCUT2D eigenvalue weighted by molar-refractivity contribution is 5.77. The highest BCUT2D eigenvalue weighted by Gasteiger charge is 2.04. The van der Waals surface area contributed by atoms with Gasteiger partial charge in [0, 0.05) is 18.9 Å². The third kappa shape index (κ3) is 5.05. The molecule has 1 aromatic carbocycles. The molecule has 4 heteroatoms. The van der Waals surface area contributed by atoms with Crippen LogP contribution in [0.25, 0.3) is 0 Å². The van der Waals surface area contributed by atoms with Gasteiger partial charge in [-0.1, -0.05) is 6.08 Å². The molecule has 1 aliphatic carbocycles. The number of nitrogens with one attached hydrogen (secondary N) is 2. The molecule has 0 atom stereocenters. The molecule has 22 heavy (non-hydrogen) atoms. The van der Waals surface area contributed by atoms with E-state index in [1.54, 1.807) is 0 Å². The smallest absolute Gasteiger partial charge is 0.119 e. The Labute approximate surface area is 130 Å². The van der Waals surface area contributed by atoms with Crippen LogP contribution in [0.2, 0.25) is 0 Å². The summed E-state index contributed by atoms with van der Waals surface area (Å²) in [6.07, 6.45) is 12.1. The number of benzene rings is 1. The third-order valence-electron chi connectivity index (χ3n) is 3.25. The first-order valence-electron chi connectivity index (χ1n) is 7.23. The fourth-order valence-electron chi connectivity index (χ4n) is 1.97. The first-order valence-corrected chi connectivity index (χ1v) is 7.23. The molecule has 2 N–H and O–H groups in total. The van der Waals surface area contributed by atoms with Crippen LogP contribution in [0.3, 0.4) is 0 Å². The minimum absolute atomic E-state index is 0.490. The number of ether oxygens (including phenoxy) is 2. The Kier molecular flexibility index (Phi) is 6.18. The van der Waals surface area contributed by atoms with Crippen LogP contribution in [0.5, 0.6) is 5.75 Å². The molecule has 4 nitrogen and oxygen atoms in total. The predicted molar refractivity (Wildman–Crippen MR) is 89.1 cm³/mol. The SMILES string of the molecule is N=CC1=CC=C(OC/C=C/COc2ccc(C=N)cc2)CC1. The van der Waals surface area contributed by atoms with Crippen molar-refractivity contribution in [2.24, 2.45) is 0 Å². The first kappa shape index (κ1) is 15.8. The molecule has 0 saturated heterocycles. The van der Waals surface area contributed by atoms with Crippen molar-refractivity contribution in [1.29, 1.82) is 10.8 Å². The molecule has 0 saturated carbocycles. The average molecular weight is 296 g/mol. The Morgan fingerprint density at radius 1 is 0.864 bits per heavy atom. The highest BCUT2D eigenvalue weighted by Crippen LogP contribution is 2.17. The van der Waals surface area contributed by atoms with Gasteiger partial charge in [0.25, 0.3) is 0 Å². The summed E-state index contributed by atoms with van der Waals surface area (Å²) in [4.78, 5) is 0. The lowest BCUT2D eigenvalue weighted by Crippen LogP contribution is -1.99. The van der Waals surface area contributed by atoms with Gasteiger partial charge in [0.05, 0.1) is 5.76 Å². The van der Waals surface area contributed by atoms with Gasteiger partial charge in [-0.25, -0.2) is 0 Å². The van der Waals surface area contributed by atoms with Gasteiger partial charge < -0.3 is 20.3 Å². The summed E-state index contributed by atoms with van der Waals surface area (Å²) in [6, 6.07) is 7.40. The lowest BCUT2D eigenvalue weighted by atomic mass is 10.1. The van der Waals surface area contributed by atoms with E-state index in [1.807, 2.05) is 48.6 Å². The fraction of sp³-hybridized carbons (Fsp3) is 0.222. The van der Waals surface area contributed by atoms with Crippen molar-refractivity contribution in [3.8, 4) is 5.75 Å². The number of hydrogen-bond donors (Lipinski definition) is 2. The average Bonchev–Trinajstić information content (AvgIpc) is 2.59. The lowest BCUT2D eigenvalue weighted by molar-refractivity contribution is 0.234. The Bertz CT molecular complexity index is 598. The molecule has 1 aliphatic rings. The molecule has 0 aliphatic heterocycles. The fourth-order valence-corrected chi connectivity index (χ4v) is 1.97. The molecule has 2 rings (SSSR count). The van der Waals surface area contributed by atoms with E-state index in [2.05, 4.69) is 0 Å². The summed E-state index contributed by atoms with van der Waals surface area (Å²) in [5.74, 6) is 1.74. The molecule has 0 unspecified atom stereocenters. The summed E-state index contributed by atoms with van der Waals surface area (Å²) < 4.78 is 11.2. The molecular weight excluding hydrogens is 276 g/mol. The van der Waals surface area contributed by atoms with Gasteiger partial charge in [-0.05, 0) is 60.1 Å². The molecule has 1 aromatic rings. The van der Waals surface area contributed by atoms with Crippen LogP contribution in [0.4, 0.5) is 0 Å². The van der Waals surface area contributed by atoms with Crippen molar-refractivity contribution >= 4 is 12.4 Å². The minimum atomic E-state index is 0.490. The topological polar surface area (TPSA) is 66.2 Å². The summed E-state index contributed by atoms with van der Waals surface area (Å²) >= 11 is 0. The van der Waals surface area contributed by atoms with E-state index < -0.39 is 0 Å². The maximum Gasteiger partial charge on any atom is 0.119 e. The molecule has 0 amide bonds. The van der Waals surface area contributed by atoms with Gasteiger partial charge >= 0.3 is 0 Å². The molecular formula is C18H20N2O2. The van der Waals surface area contributed by atoms with Gasteiger partial charge in [0.2, 0.25) is 0 Å². The van der Waals surface area contributed by atoms with Crippen molar-refractivity contribution in [3.05, 3.63) is 65.5 Å². The van der Waals surface area contributed by atoms with Gasteiger partial charge in [-0.2, -0.15) is 0 Å². The second kappa shape index (κ2) is 8.62. The Hall–Kier alpha value is -2.62. The second-order valence-corrected chi connectivity index (χ2v) is 4.83. The zero-order valence-corrected chi connectivity index (χ0v) is 12.4. The van der Waals surface area contributed by atoms with Crippen molar-refractivity contribution in [3.63, 3.8) is 0 Å². The monoisotopic (exact) mass is 296 g/mol. The van der Waals surface area contributed by atoms with Crippen LogP contribution in [0.15, 0.2) is 59.9 Å². The molecule has 0 heterocycles. The van der Waals surface area contributed by atoms with E-state index in [0.717, 1.165) is 35.5 Å². The van der Waals surface area contributed by atoms with E-state index >= 15 is 0 Å². The minimum Gasteiger partial charge on any atom is -0.494 e. The maximum atomic E-state index is 7.17. The van der Waals surface area contributed by atoms with Gasteiger partial charge in [-0.3, -0.25) is 0 Å². The van der Waals surface area contributed by atoms with E-state index in [0.29, 0.717) is 13.2 Å². The Morgan fingerprint density at radius 2 is 1.59 bits per heavy atom. The van der Waals surface area contributed by atoms with Crippen LogP contribution < -0.4 is 4.74 Å². The normalized spacial score (nSPS) is 14.2. The molecule has 0 fully saturated rings. The van der Waals surface area contributed by atoms with Crippen LogP contribution in [-0.4, -0.2) is 25.6 Å². The molecule has 0 spiro atoms. The van der Waals surface area contributed by atoms with E-state index in [1.165, 1.54) is 12.4 Å². The predicted octanol–water partition coefficient (Wildman–Crippen LogP) is 3.89. The van der Waals surface area contributed by atoms with Crippen molar-refractivity contribution in [1.82, 2.24) is 0 Å². The van der Waals surface area contributed by atoms with Gasteiger partial charge in [-0.15, -0.1) is 0 Å². The van der Waals surface area contributed by atoms with E-state index in [-0.39, 0.29) is 0 Å². The third-order valence-corrected chi connectivity index (χ3v) is 3.25. The summed E-state index contributed by atoms with van der Waals surface area (Å²) in [7, 11) is 0. The molecule has 114 valence electrons. The maximum absolute atomic E-state index is 7.17. The van der Waals surface area contributed by atoms with Crippen LogP contribution in [0.1, 0.15) is 18.4 Å². The number of rotatable bonds is 8. The largest absolute Gasteiger partial charge is 0.494 e. The van der Waals surface area contributed by atoms with Crippen LogP contribution >= 0.6 is 0 Å². The Morgan fingerprint density at radius 3 is 2.18 bits per heavy atom. The number of allylic oxidation sites excluding steroid dienone is 4. The lowest BCUT2D eigenvalue weighted by Gasteiger charge is -2.12. The van der Waals surface area contributed by atoms with Crippen molar-refractivity contribution < 1.29 is 9.47 Å². The van der Waals surface area contributed by atoms with E-state index in [4.69, 9.17) is 20.3 Å². The molecule has 0 aromatic heterocycles. The summed E-state index contributed by atoms with van der Waals surface area (Å²) in [6.45, 7) is 1.01. The van der Waals surface area contributed by atoms with E-state index in [9.17, 15) is 0 Å². The van der Waals surface area contributed by atoms with Crippen molar-refractivity contribution in [2.45, 2.75) is 12.8 Å². The molecule has 0 bridgehead atoms. The molecule has 0 radical (unpaired) electrons. The van der Waals surface area contributed by atoms with Crippen LogP contribution in [-0.2, 0) is 4.74 Å². The zero-order valence-electron chi connectivity index (χ0n) is 12.4. The zero-order chi connectivity index (χ0) is 15.6. The Balaban J connectivity index is 1.66. The van der Waals surface area contributed by atoms with Crippen molar-refractivity contribution in [2.75, 3.05) is 13.2 Å². The van der Waals surface area contributed by atoms with Crippen LogP contribution in [0, 0.1) is 10.8 Å². The quantitative estimate of drug-likeness (QED) is 0.564. The summed E-state index contributed by atoms with van der Waals surface area (Å²) in [5, 5.41) is 14.3. The highest BCUT2D eigenvalue weighted by atomic mass is 16.5. The summed E-state index contributed by atoms with van der Waals surface area (Å²) in [5.41, 5.74) is 1.89. The second-order valence-electron chi connectivity index (χ2n) is 4.83. The van der Waals surface area contributed by atoms with Gasteiger partial charge in [0.15, 0.2) is 0 Å². The first-order chi connectivity index (χ1) is 10.8.